The van der Waals surface area contributed by atoms with E-state index < -0.39 is 5.60 Å². The fourth-order valence-electron chi connectivity index (χ4n) is 3.13. The molecule has 2 heteroatoms. The Morgan fingerprint density at radius 2 is 1.88 bits per heavy atom. The van der Waals surface area contributed by atoms with Crippen molar-refractivity contribution in [3.63, 3.8) is 0 Å². The highest BCUT2D eigenvalue weighted by molar-refractivity contribution is 4.94. The minimum absolute atomic E-state index is 0.344. The topological polar surface area (TPSA) is 29.5 Å². The highest BCUT2D eigenvalue weighted by Crippen LogP contribution is 2.40. The molecule has 0 amide bonds. The molecule has 16 heavy (non-hydrogen) atoms. The van der Waals surface area contributed by atoms with E-state index in [-0.39, 0.29) is 0 Å². The van der Waals surface area contributed by atoms with Gasteiger partial charge < -0.3 is 9.84 Å². The van der Waals surface area contributed by atoms with Gasteiger partial charge >= 0.3 is 0 Å². The Morgan fingerprint density at radius 1 is 1.19 bits per heavy atom. The van der Waals surface area contributed by atoms with Gasteiger partial charge in [0, 0.05) is 12.8 Å². The van der Waals surface area contributed by atoms with E-state index in [1.165, 1.54) is 12.8 Å². The molecule has 2 rings (SSSR count). The molecule has 0 radical (unpaired) electrons. The molecule has 2 unspecified atom stereocenters. The van der Waals surface area contributed by atoms with Crippen molar-refractivity contribution >= 4 is 0 Å². The van der Waals surface area contributed by atoms with Gasteiger partial charge in [-0.2, -0.15) is 0 Å². The second-order valence-electron chi connectivity index (χ2n) is 5.48. The van der Waals surface area contributed by atoms with Gasteiger partial charge in [-0.05, 0) is 32.1 Å². The van der Waals surface area contributed by atoms with Crippen molar-refractivity contribution in [1.29, 1.82) is 0 Å². The van der Waals surface area contributed by atoms with E-state index in [0.717, 1.165) is 44.9 Å². The van der Waals surface area contributed by atoms with Gasteiger partial charge in [0.25, 0.3) is 0 Å². The van der Waals surface area contributed by atoms with E-state index >= 15 is 0 Å². The van der Waals surface area contributed by atoms with Crippen molar-refractivity contribution in [2.24, 2.45) is 0 Å². The minimum Gasteiger partial charge on any atom is -0.390 e. The van der Waals surface area contributed by atoms with Gasteiger partial charge in [-0.1, -0.05) is 18.9 Å². The molecule has 0 spiro atoms. The van der Waals surface area contributed by atoms with Crippen LogP contribution in [0.4, 0.5) is 0 Å². The Balaban J connectivity index is 1.69. The number of fused-ring (bicyclic) bond motifs is 2. The van der Waals surface area contributed by atoms with Crippen LogP contribution in [0.2, 0.25) is 0 Å². The smallest absolute Gasteiger partial charge is 0.0697 e. The molecule has 2 atom stereocenters. The molecule has 0 aliphatic carbocycles. The summed E-state index contributed by atoms with van der Waals surface area (Å²) in [6, 6.07) is 0. The van der Waals surface area contributed by atoms with Crippen LogP contribution in [0.1, 0.15) is 57.8 Å². The second kappa shape index (κ2) is 5.33. The first-order valence-corrected chi connectivity index (χ1v) is 6.71. The van der Waals surface area contributed by atoms with Crippen molar-refractivity contribution in [2.45, 2.75) is 75.6 Å². The predicted octanol–water partition coefficient (Wildman–Crippen LogP) is 3.20. The van der Waals surface area contributed by atoms with Crippen LogP contribution in [0.3, 0.4) is 0 Å². The highest BCUT2D eigenvalue weighted by atomic mass is 16.5. The van der Waals surface area contributed by atoms with Gasteiger partial charge in [0.05, 0.1) is 17.8 Å². The molecule has 1 N–H and O–H groups in total. The molecular weight excluding hydrogens is 200 g/mol. The molecule has 2 bridgehead atoms. The Morgan fingerprint density at radius 3 is 2.50 bits per heavy atom. The third kappa shape index (κ3) is 3.08. The van der Waals surface area contributed by atoms with Crippen LogP contribution in [-0.2, 0) is 4.74 Å². The van der Waals surface area contributed by atoms with Crippen molar-refractivity contribution in [2.75, 3.05) is 0 Å². The summed E-state index contributed by atoms with van der Waals surface area (Å²) in [7, 11) is 0. The van der Waals surface area contributed by atoms with E-state index in [4.69, 9.17) is 4.74 Å². The molecule has 0 aromatic rings. The summed E-state index contributed by atoms with van der Waals surface area (Å²) in [6.45, 7) is 3.72. The van der Waals surface area contributed by atoms with Gasteiger partial charge in [0.15, 0.2) is 0 Å². The first-order valence-electron chi connectivity index (χ1n) is 6.71. The summed E-state index contributed by atoms with van der Waals surface area (Å²) in [4.78, 5) is 0. The normalized spacial score (nSPS) is 37.6. The predicted molar refractivity (Wildman–Crippen MR) is 65.4 cm³/mol. The van der Waals surface area contributed by atoms with Gasteiger partial charge in [-0.3, -0.25) is 0 Å². The average Bonchev–Trinajstić information content (AvgIpc) is 2.58. The zero-order valence-electron chi connectivity index (χ0n) is 10.2. The molecule has 0 aromatic carbocycles. The summed E-state index contributed by atoms with van der Waals surface area (Å²) in [5.41, 5.74) is -0.418. The van der Waals surface area contributed by atoms with Crippen molar-refractivity contribution in [1.82, 2.24) is 0 Å². The Labute approximate surface area is 98.7 Å². The fourth-order valence-corrected chi connectivity index (χ4v) is 3.13. The lowest BCUT2D eigenvalue weighted by Crippen LogP contribution is -2.40. The van der Waals surface area contributed by atoms with Gasteiger partial charge in [-0.15, -0.1) is 6.58 Å². The Kier molecular flexibility index (Phi) is 4.04. The molecule has 2 aliphatic rings. The van der Waals surface area contributed by atoms with E-state index in [1.807, 2.05) is 6.08 Å². The molecule has 0 saturated carbocycles. The maximum atomic E-state index is 10.5. The third-order valence-corrected chi connectivity index (χ3v) is 3.96. The Bertz CT molecular complexity index is 225. The third-order valence-electron chi connectivity index (χ3n) is 3.96. The number of rotatable bonds is 6. The standard InChI is InChI=1S/C14H24O2/c1-2-3-4-5-6-9-14(15)10-12-7-8-13(11-14)16-12/h2,12-13,15H,1,3-11H2. The molecule has 0 aromatic heterocycles. The molecule has 92 valence electrons. The zero-order chi connectivity index (χ0) is 11.4. The number of hydrogen-bond acceptors (Lipinski definition) is 2. The lowest BCUT2D eigenvalue weighted by Gasteiger charge is -2.36. The zero-order valence-corrected chi connectivity index (χ0v) is 10.2. The van der Waals surface area contributed by atoms with Crippen LogP contribution in [0.25, 0.3) is 0 Å². The van der Waals surface area contributed by atoms with Gasteiger partial charge in [0.1, 0.15) is 0 Å². The summed E-state index contributed by atoms with van der Waals surface area (Å²) in [5, 5.41) is 10.5. The van der Waals surface area contributed by atoms with E-state index in [9.17, 15) is 5.11 Å². The lowest BCUT2D eigenvalue weighted by molar-refractivity contribution is -0.115. The SMILES string of the molecule is C=CCCCCCC1(O)CC2CCC(C1)O2. The van der Waals surface area contributed by atoms with Crippen molar-refractivity contribution in [3.05, 3.63) is 12.7 Å². The number of allylic oxidation sites excluding steroid dienone is 1. The number of hydrogen-bond donors (Lipinski definition) is 1. The Hall–Kier alpha value is -0.340. The molecule has 2 aliphatic heterocycles. The molecule has 2 saturated heterocycles. The van der Waals surface area contributed by atoms with Crippen LogP contribution < -0.4 is 0 Å². The average molecular weight is 224 g/mol. The maximum Gasteiger partial charge on any atom is 0.0697 e. The summed E-state index contributed by atoms with van der Waals surface area (Å²) in [5.74, 6) is 0. The fraction of sp³-hybridized carbons (Fsp3) is 0.857. The van der Waals surface area contributed by atoms with Gasteiger partial charge in [-0.25, -0.2) is 0 Å². The first-order chi connectivity index (χ1) is 7.72. The summed E-state index contributed by atoms with van der Waals surface area (Å²) < 4.78 is 5.76. The molecule has 2 nitrogen and oxygen atoms in total. The van der Waals surface area contributed by atoms with Gasteiger partial charge in [0.2, 0.25) is 0 Å². The monoisotopic (exact) mass is 224 g/mol. The van der Waals surface area contributed by atoms with Crippen molar-refractivity contribution < 1.29 is 9.84 Å². The number of aliphatic hydroxyl groups is 1. The van der Waals surface area contributed by atoms with Crippen molar-refractivity contribution in [3.8, 4) is 0 Å². The van der Waals surface area contributed by atoms with Crippen LogP contribution in [-0.4, -0.2) is 22.9 Å². The van der Waals surface area contributed by atoms with E-state index in [1.54, 1.807) is 0 Å². The maximum absolute atomic E-state index is 10.5. The quantitative estimate of drug-likeness (QED) is 0.554. The van der Waals surface area contributed by atoms with Crippen LogP contribution in [0, 0.1) is 0 Å². The van der Waals surface area contributed by atoms with Crippen LogP contribution >= 0.6 is 0 Å². The largest absolute Gasteiger partial charge is 0.390 e. The highest BCUT2D eigenvalue weighted by Gasteiger charge is 2.42. The summed E-state index contributed by atoms with van der Waals surface area (Å²) >= 11 is 0. The number of ether oxygens (including phenoxy) is 1. The van der Waals surface area contributed by atoms with E-state index in [2.05, 4.69) is 6.58 Å². The molecular formula is C14H24O2. The molecule has 2 fully saturated rings. The number of unbranched alkanes of at least 4 members (excludes halogenated alkanes) is 3. The van der Waals surface area contributed by atoms with E-state index in [0.29, 0.717) is 12.2 Å². The minimum atomic E-state index is -0.418. The lowest BCUT2D eigenvalue weighted by atomic mass is 9.85. The summed E-state index contributed by atoms with van der Waals surface area (Å²) in [6.07, 6.45) is 12.3. The molecule has 2 heterocycles. The first kappa shape index (κ1) is 12.1. The van der Waals surface area contributed by atoms with Crippen LogP contribution in [0.5, 0.6) is 0 Å². The second-order valence-corrected chi connectivity index (χ2v) is 5.48. The van der Waals surface area contributed by atoms with Crippen LogP contribution in [0.15, 0.2) is 12.7 Å².